The average Bonchev–Trinajstić information content (AvgIpc) is 3.00. The molecule has 1 unspecified atom stereocenters. The van der Waals surface area contributed by atoms with E-state index in [4.69, 9.17) is 5.73 Å². The lowest BCUT2D eigenvalue weighted by Crippen LogP contribution is -2.40. The fraction of sp³-hybridized carbons (Fsp3) is 0.647. The summed E-state index contributed by atoms with van der Waals surface area (Å²) in [5.41, 5.74) is 9.01. The van der Waals surface area contributed by atoms with Gasteiger partial charge in [-0.1, -0.05) is 24.3 Å². The molecule has 0 aromatic heterocycles. The van der Waals surface area contributed by atoms with Gasteiger partial charge in [0.15, 0.2) is 0 Å². The van der Waals surface area contributed by atoms with Crippen molar-refractivity contribution in [1.29, 1.82) is 0 Å². The van der Waals surface area contributed by atoms with Crippen LogP contribution in [-0.2, 0) is 6.42 Å². The van der Waals surface area contributed by atoms with Gasteiger partial charge in [-0.25, -0.2) is 0 Å². The number of fused-ring (bicyclic) bond motifs is 1. The molecule has 3 heteroatoms. The van der Waals surface area contributed by atoms with E-state index < -0.39 is 0 Å². The summed E-state index contributed by atoms with van der Waals surface area (Å²) < 4.78 is 0. The van der Waals surface area contributed by atoms with Gasteiger partial charge in [0.2, 0.25) is 0 Å². The first-order valence-corrected chi connectivity index (χ1v) is 8.13. The number of hydrogen-bond donors (Lipinski definition) is 1. The molecule has 0 bridgehead atoms. The molecule has 1 aromatic carbocycles. The van der Waals surface area contributed by atoms with Crippen molar-refractivity contribution >= 4 is 0 Å². The molecule has 2 aliphatic rings. The summed E-state index contributed by atoms with van der Waals surface area (Å²) in [5, 5.41) is 0. The minimum absolute atomic E-state index is 0.429. The highest BCUT2D eigenvalue weighted by Crippen LogP contribution is 2.28. The first-order chi connectivity index (χ1) is 9.88. The van der Waals surface area contributed by atoms with Gasteiger partial charge in [-0.3, -0.25) is 4.90 Å². The third-order valence-corrected chi connectivity index (χ3v) is 4.86. The molecule has 2 heterocycles. The first-order valence-electron chi connectivity index (χ1n) is 8.13. The molecule has 1 fully saturated rings. The predicted molar refractivity (Wildman–Crippen MR) is 83.8 cm³/mol. The second kappa shape index (κ2) is 6.70. The molecular formula is C17H27N3. The number of nitrogens with two attached hydrogens (primary N) is 1. The highest BCUT2D eigenvalue weighted by molar-refractivity contribution is 5.32. The van der Waals surface area contributed by atoms with Gasteiger partial charge in [-0.05, 0) is 56.4 Å². The molecule has 2 aliphatic heterocycles. The standard InChI is InChI=1S/C17H27N3/c18-14-17-16-7-2-1-6-15(16)8-13-20(17)12-5-11-19-9-3-4-10-19/h1-2,6-7,17H,3-5,8-14,18H2. The van der Waals surface area contributed by atoms with E-state index >= 15 is 0 Å². The van der Waals surface area contributed by atoms with Crippen LogP contribution in [0.2, 0.25) is 0 Å². The van der Waals surface area contributed by atoms with Crippen LogP contribution < -0.4 is 5.73 Å². The molecule has 0 amide bonds. The lowest BCUT2D eigenvalue weighted by Gasteiger charge is -2.37. The summed E-state index contributed by atoms with van der Waals surface area (Å²) >= 11 is 0. The summed E-state index contributed by atoms with van der Waals surface area (Å²) in [7, 11) is 0. The van der Waals surface area contributed by atoms with Crippen LogP contribution in [0.1, 0.15) is 36.4 Å². The maximum Gasteiger partial charge on any atom is 0.0473 e. The topological polar surface area (TPSA) is 32.5 Å². The van der Waals surface area contributed by atoms with Crippen molar-refractivity contribution in [3.63, 3.8) is 0 Å². The second-order valence-electron chi connectivity index (χ2n) is 6.14. The minimum atomic E-state index is 0.429. The predicted octanol–water partition coefficient (Wildman–Crippen LogP) is 2.03. The third kappa shape index (κ3) is 3.05. The van der Waals surface area contributed by atoms with Crippen molar-refractivity contribution in [3.05, 3.63) is 35.4 Å². The van der Waals surface area contributed by atoms with E-state index in [1.54, 1.807) is 0 Å². The van der Waals surface area contributed by atoms with Gasteiger partial charge < -0.3 is 10.6 Å². The molecule has 0 saturated carbocycles. The number of benzene rings is 1. The van der Waals surface area contributed by atoms with Crippen LogP contribution in [0.4, 0.5) is 0 Å². The number of likely N-dealkylation sites (tertiary alicyclic amines) is 1. The fourth-order valence-electron chi connectivity index (χ4n) is 3.75. The maximum atomic E-state index is 6.05. The largest absolute Gasteiger partial charge is 0.329 e. The maximum absolute atomic E-state index is 6.05. The van der Waals surface area contributed by atoms with Crippen LogP contribution in [0.5, 0.6) is 0 Å². The molecule has 20 heavy (non-hydrogen) atoms. The molecule has 0 radical (unpaired) electrons. The van der Waals surface area contributed by atoms with Crippen LogP contribution in [0, 0.1) is 0 Å². The van der Waals surface area contributed by atoms with Crippen LogP contribution in [0.25, 0.3) is 0 Å². The van der Waals surface area contributed by atoms with Gasteiger partial charge in [0.05, 0.1) is 0 Å². The summed E-state index contributed by atoms with van der Waals surface area (Å²) in [6.45, 7) is 6.97. The van der Waals surface area contributed by atoms with Crippen molar-refractivity contribution in [3.8, 4) is 0 Å². The molecule has 110 valence electrons. The number of rotatable bonds is 5. The molecule has 1 aromatic rings. The van der Waals surface area contributed by atoms with Crippen LogP contribution in [-0.4, -0.2) is 49.1 Å². The Morgan fingerprint density at radius 1 is 1.05 bits per heavy atom. The lowest BCUT2D eigenvalue weighted by molar-refractivity contribution is 0.177. The first kappa shape index (κ1) is 14.1. The quantitative estimate of drug-likeness (QED) is 0.891. The van der Waals surface area contributed by atoms with E-state index in [-0.39, 0.29) is 0 Å². The Bertz CT molecular complexity index is 426. The van der Waals surface area contributed by atoms with Crippen LogP contribution in [0.15, 0.2) is 24.3 Å². The Balaban J connectivity index is 1.56. The normalized spacial score (nSPS) is 23.9. The summed E-state index contributed by atoms with van der Waals surface area (Å²) in [4.78, 5) is 5.20. The van der Waals surface area contributed by atoms with E-state index in [1.165, 1.54) is 69.5 Å². The zero-order valence-corrected chi connectivity index (χ0v) is 12.4. The van der Waals surface area contributed by atoms with Crippen molar-refractivity contribution in [2.45, 2.75) is 31.7 Å². The molecular weight excluding hydrogens is 246 g/mol. The van der Waals surface area contributed by atoms with Gasteiger partial charge in [-0.15, -0.1) is 0 Å². The molecule has 1 atom stereocenters. The molecule has 3 rings (SSSR count). The van der Waals surface area contributed by atoms with E-state index in [2.05, 4.69) is 34.1 Å². The Labute approximate surface area is 122 Å². The van der Waals surface area contributed by atoms with Gasteiger partial charge in [0.25, 0.3) is 0 Å². The summed E-state index contributed by atoms with van der Waals surface area (Å²) in [5.74, 6) is 0. The van der Waals surface area contributed by atoms with E-state index in [0.717, 1.165) is 6.54 Å². The minimum Gasteiger partial charge on any atom is -0.329 e. The Morgan fingerprint density at radius 2 is 1.85 bits per heavy atom. The average molecular weight is 273 g/mol. The molecule has 1 saturated heterocycles. The van der Waals surface area contributed by atoms with E-state index in [9.17, 15) is 0 Å². The van der Waals surface area contributed by atoms with Crippen molar-refractivity contribution < 1.29 is 0 Å². The third-order valence-electron chi connectivity index (χ3n) is 4.86. The molecule has 0 spiro atoms. The lowest BCUT2D eigenvalue weighted by atomic mass is 9.92. The van der Waals surface area contributed by atoms with Gasteiger partial charge in [0.1, 0.15) is 0 Å². The smallest absolute Gasteiger partial charge is 0.0473 e. The molecule has 3 nitrogen and oxygen atoms in total. The number of hydrogen-bond acceptors (Lipinski definition) is 3. The van der Waals surface area contributed by atoms with Crippen LogP contribution in [0.3, 0.4) is 0 Å². The second-order valence-corrected chi connectivity index (χ2v) is 6.14. The highest BCUT2D eigenvalue weighted by atomic mass is 15.2. The molecule has 2 N–H and O–H groups in total. The Kier molecular flexibility index (Phi) is 4.71. The van der Waals surface area contributed by atoms with Gasteiger partial charge in [0, 0.05) is 25.7 Å². The monoisotopic (exact) mass is 273 g/mol. The van der Waals surface area contributed by atoms with Crippen molar-refractivity contribution in [1.82, 2.24) is 9.80 Å². The van der Waals surface area contributed by atoms with Crippen LogP contribution >= 0.6 is 0 Å². The van der Waals surface area contributed by atoms with E-state index in [0.29, 0.717) is 6.04 Å². The Morgan fingerprint density at radius 3 is 2.65 bits per heavy atom. The van der Waals surface area contributed by atoms with Crippen molar-refractivity contribution in [2.75, 3.05) is 39.3 Å². The van der Waals surface area contributed by atoms with Crippen molar-refractivity contribution in [2.24, 2.45) is 5.73 Å². The highest BCUT2D eigenvalue weighted by Gasteiger charge is 2.25. The molecule has 0 aliphatic carbocycles. The SMILES string of the molecule is NCC1c2ccccc2CCN1CCCN1CCCC1. The van der Waals surface area contributed by atoms with E-state index in [1.807, 2.05) is 0 Å². The zero-order chi connectivity index (χ0) is 13.8. The number of nitrogens with zero attached hydrogens (tertiary/aromatic N) is 2. The van der Waals surface area contributed by atoms with Gasteiger partial charge >= 0.3 is 0 Å². The Hall–Kier alpha value is -0.900. The zero-order valence-electron chi connectivity index (χ0n) is 12.4. The fourth-order valence-corrected chi connectivity index (χ4v) is 3.75. The summed E-state index contributed by atoms with van der Waals surface area (Å²) in [6, 6.07) is 9.25. The summed E-state index contributed by atoms with van der Waals surface area (Å²) in [6.07, 6.45) is 5.24. The van der Waals surface area contributed by atoms with Gasteiger partial charge in [-0.2, -0.15) is 0 Å².